The number of carbonyl (C=O) groups excluding carboxylic acids is 1. The van der Waals surface area contributed by atoms with E-state index in [9.17, 15) is 4.79 Å². The Morgan fingerprint density at radius 3 is 2.61 bits per heavy atom. The molecule has 0 aromatic carbocycles. The molecule has 0 atom stereocenters. The largest absolute Gasteiger partial charge is 0.444 e. The second-order valence-corrected chi connectivity index (χ2v) is 5.84. The molecule has 0 aliphatic carbocycles. The van der Waals surface area contributed by atoms with Gasteiger partial charge in [0, 0.05) is 13.1 Å². The number of rotatable bonds is 1. The summed E-state index contributed by atoms with van der Waals surface area (Å²) in [5.74, 6) is 0. The molecule has 0 unspecified atom stereocenters. The van der Waals surface area contributed by atoms with Gasteiger partial charge in [0.15, 0.2) is 0 Å². The summed E-state index contributed by atoms with van der Waals surface area (Å²) in [5, 5.41) is 0. The average molecular weight is 251 g/mol. The van der Waals surface area contributed by atoms with Gasteiger partial charge in [-0.3, -0.25) is 0 Å². The zero-order chi connectivity index (χ0) is 13.8. The van der Waals surface area contributed by atoms with E-state index in [4.69, 9.17) is 4.74 Å². The number of amides is 1. The molecule has 0 fully saturated rings. The van der Waals surface area contributed by atoms with Gasteiger partial charge in [-0.15, -0.1) is 0 Å². The van der Waals surface area contributed by atoms with Crippen LogP contribution in [0.25, 0.3) is 0 Å². The zero-order valence-electron chi connectivity index (χ0n) is 12.2. The first-order valence-corrected chi connectivity index (χ1v) is 6.65. The van der Waals surface area contributed by atoms with E-state index in [1.807, 2.05) is 20.8 Å². The summed E-state index contributed by atoms with van der Waals surface area (Å²) in [7, 11) is 0. The lowest BCUT2D eigenvalue weighted by molar-refractivity contribution is 0.0267. The van der Waals surface area contributed by atoms with Gasteiger partial charge in [0.25, 0.3) is 0 Å². The van der Waals surface area contributed by atoms with Gasteiger partial charge in [-0.05, 0) is 40.5 Å². The fourth-order valence-corrected chi connectivity index (χ4v) is 1.74. The maximum absolute atomic E-state index is 12.1. The second kappa shape index (κ2) is 6.07. The molecule has 1 aliphatic heterocycles. The van der Waals surface area contributed by atoms with E-state index in [0.29, 0.717) is 6.54 Å². The minimum Gasteiger partial charge on any atom is -0.444 e. The number of hydrogen-bond donors (Lipinski definition) is 0. The van der Waals surface area contributed by atoms with Crippen molar-refractivity contribution in [2.45, 2.75) is 53.1 Å². The van der Waals surface area contributed by atoms with Crippen molar-refractivity contribution in [2.24, 2.45) is 0 Å². The summed E-state index contributed by atoms with van der Waals surface area (Å²) in [6.45, 7) is 11.3. The standard InChI is InChI=1S/C15H25NO2/c1-6-13-8-7-12(2)9-10-16(11-13)14(17)18-15(3,4)5/h7-8H,6,9-11H2,1-5H3/b12-7?,13-8+. The fraction of sp³-hybridized carbons (Fsp3) is 0.667. The number of allylic oxidation sites excluding steroid dienone is 2. The highest BCUT2D eigenvalue weighted by molar-refractivity contribution is 5.68. The molecule has 1 heterocycles. The number of ether oxygens (including phenoxy) is 1. The molecule has 0 aromatic heterocycles. The van der Waals surface area contributed by atoms with Crippen LogP contribution in [0.15, 0.2) is 23.3 Å². The highest BCUT2D eigenvalue weighted by atomic mass is 16.6. The quantitative estimate of drug-likeness (QED) is 0.707. The molecule has 102 valence electrons. The SMILES string of the molecule is CC/C1=C\C=C(C)CCN(C(=O)OC(C)(C)C)C1. The van der Waals surface area contributed by atoms with Gasteiger partial charge in [0.05, 0.1) is 0 Å². The third-order valence-corrected chi connectivity index (χ3v) is 2.88. The number of nitrogens with zero attached hydrogens (tertiary/aromatic N) is 1. The fourth-order valence-electron chi connectivity index (χ4n) is 1.74. The summed E-state index contributed by atoms with van der Waals surface area (Å²) in [4.78, 5) is 13.9. The molecule has 0 radical (unpaired) electrons. The molecule has 1 rings (SSSR count). The molecule has 0 spiro atoms. The van der Waals surface area contributed by atoms with Crippen LogP contribution in [-0.4, -0.2) is 29.7 Å². The Labute approximate surface area is 110 Å². The van der Waals surface area contributed by atoms with Gasteiger partial charge in [-0.1, -0.05) is 30.2 Å². The Morgan fingerprint density at radius 1 is 1.39 bits per heavy atom. The lowest BCUT2D eigenvalue weighted by Gasteiger charge is -2.29. The van der Waals surface area contributed by atoms with E-state index < -0.39 is 5.60 Å². The predicted molar refractivity (Wildman–Crippen MR) is 74.6 cm³/mol. The highest BCUT2D eigenvalue weighted by Crippen LogP contribution is 2.16. The van der Waals surface area contributed by atoms with Crippen LogP contribution in [0.4, 0.5) is 4.79 Å². The minimum absolute atomic E-state index is 0.212. The lowest BCUT2D eigenvalue weighted by Crippen LogP contribution is -2.38. The van der Waals surface area contributed by atoms with Crippen LogP contribution in [0.2, 0.25) is 0 Å². The molecule has 0 aromatic rings. The van der Waals surface area contributed by atoms with Gasteiger partial charge in [-0.25, -0.2) is 4.79 Å². The van der Waals surface area contributed by atoms with Crippen molar-refractivity contribution in [1.29, 1.82) is 0 Å². The Balaban J connectivity index is 2.75. The van der Waals surface area contributed by atoms with Gasteiger partial charge in [-0.2, -0.15) is 0 Å². The molecule has 1 aliphatic rings. The van der Waals surface area contributed by atoms with Crippen molar-refractivity contribution in [3.05, 3.63) is 23.3 Å². The zero-order valence-corrected chi connectivity index (χ0v) is 12.2. The van der Waals surface area contributed by atoms with Gasteiger partial charge in [0.2, 0.25) is 0 Å². The van der Waals surface area contributed by atoms with Crippen LogP contribution in [0.1, 0.15) is 47.5 Å². The van der Waals surface area contributed by atoms with Gasteiger partial charge in [0.1, 0.15) is 5.60 Å². The van der Waals surface area contributed by atoms with Crippen molar-refractivity contribution in [3.8, 4) is 0 Å². The Hall–Kier alpha value is -1.25. The normalized spacial score (nSPS) is 20.4. The Bertz CT molecular complexity index is 361. The summed E-state index contributed by atoms with van der Waals surface area (Å²) in [6.07, 6.45) is 5.95. The molecule has 3 heteroatoms. The first-order valence-electron chi connectivity index (χ1n) is 6.65. The van der Waals surface area contributed by atoms with Crippen LogP contribution in [-0.2, 0) is 4.74 Å². The van der Waals surface area contributed by atoms with E-state index in [1.54, 1.807) is 4.90 Å². The van der Waals surface area contributed by atoms with Gasteiger partial charge < -0.3 is 9.64 Å². The highest BCUT2D eigenvalue weighted by Gasteiger charge is 2.22. The van der Waals surface area contributed by atoms with Crippen molar-refractivity contribution in [1.82, 2.24) is 4.90 Å². The van der Waals surface area contributed by atoms with Crippen molar-refractivity contribution >= 4 is 6.09 Å². The topological polar surface area (TPSA) is 29.5 Å². The van der Waals surface area contributed by atoms with Crippen molar-refractivity contribution in [2.75, 3.05) is 13.1 Å². The van der Waals surface area contributed by atoms with Crippen LogP contribution in [0, 0.1) is 0 Å². The molecule has 1 amide bonds. The Morgan fingerprint density at radius 2 is 2.06 bits per heavy atom. The molecule has 0 saturated heterocycles. The summed E-state index contributed by atoms with van der Waals surface area (Å²) in [6, 6.07) is 0. The van der Waals surface area contributed by atoms with Crippen LogP contribution < -0.4 is 0 Å². The smallest absolute Gasteiger partial charge is 0.410 e. The van der Waals surface area contributed by atoms with Gasteiger partial charge >= 0.3 is 6.09 Å². The lowest BCUT2D eigenvalue weighted by atomic mass is 10.1. The maximum atomic E-state index is 12.1. The van der Waals surface area contributed by atoms with E-state index in [2.05, 4.69) is 26.0 Å². The summed E-state index contributed by atoms with van der Waals surface area (Å²) in [5.41, 5.74) is 2.13. The first kappa shape index (κ1) is 14.8. The monoisotopic (exact) mass is 251 g/mol. The summed E-state index contributed by atoms with van der Waals surface area (Å²) >= 11 is 0. The van der Waals surface area contributed by atoms with E-state index >= 15 is 0 Å². The third kappa shape index (κ3) is 4.94. The number of hydrogen-bond acceptors (Lipinski definition) is 2. The van der Waals surface area contributed by atoms with Crippen LogP contribution in [0.5, 0.6) is 0 Å². The third-order valence-electron chi connectivity index (χ3n) is 2.88. The van der Waals surface area contributed by atoms with Crippen LogP contribution in [0.3, 0.4) is 0 Å². The Kier molecular flexibility index (Phi) is 5.00. The molecule has 0 N–H and O–H groups in total. The maximum Gasteiger partial charge on any atom is 0.410 e. The van der Waals surface area contributed by atoms with Crippen molar-refractivity contribution < 1.29 is 9.53 Å². The first-order chi connectivity index (χ1) is 8.31. The summed E-state index contributed by atoms with van der Waals surface area (Å²) < 4.78 is 5.44. The second-order valence-electron chi connectivity index (χ2n) is 5.84. The molecule has 0 saturated carbocycles. The van der Waals surface area contributed by atoms with E-state index in [0.717, 1.165) is 19.4 Å². The van der Waals surface area contributed by atoms with Crippen molar-refractivity contribution in [3.63, 3.8) is 0 Å². The molecule has 0 bridgehead atoms. The van der Waals surface area contributed by atoms with E-state index in [1.165, 1.54) is 11.1 Å². The average Bonchev–Trinajstić information content (AvgIpc) is 2.22. The molecule has 18 heavy (non-hydrogen) atoms. The molecular weight excluding hydrogens is 226 g/mol. The predicted octanol–water partition coefficient (Wildman–Crippen LogP) is 3.91. The van der Waals surface area contributed by atoms with E-state index in [-0.39, 0.29) is 6.09 Å². The number of carbonyl (C=O) groups is 1. The molecule has 3 nitrogen and oxygen atoms in total. The minimum atomic E-state index is -0.430. The van der Waals surface area contributed by atoms with Crippen LogP contribution >= 0.6 is 0 Å². The molecular formula is C15H25NO2.